The van der Waals surface area contributed by atoms with E-state index in [1.807, 2.05) is 24.3 Å². The predicted octanol–water partition coefficient (Wildman–Crippen LogP) is 4.25. The minimum Gasteiger partial charge on any atom is -0.449 e. The van der Waals surface area contributed by atoms with E-state index in [0.717, 1.165) is 22.5 Å². The number of nitrogens with zero attached hydrogens (tertiary/aromatic N) is 1. The standard InChI is InChI=1S/C23H22N2O5S2/c1-23(2)29-18-8-7-17(13-19(18)30-23)24-22(26)21-20(10-12-31-21)32(27,28)25-11-9-15-5-3-4-6-16(15)14-25/h3-8,10,12-13H,9,11,14H2,1-2H3,(H,24,26). The maximum Gasteiger partial charge on any atom is 0.267 e. The van der Waals surface area contributed by atoms with Crippen LogP contribution in [0.1, 0.15) is 34.6 Å². The number of ether oxygens (including phenoxy) is 2. The lowest BCUT2D eigenvalue weighted by Gasteiger charge is -2.28. The third kappa shape index (κ3) is 3.76. The Morgan fingerprint density at radius 2 is 1.81 bits per heavy atom. The number of benzene rings is 2. The molecule has 0 spiro atoms. The van der Waals surface area contributed by atoms with Gasteiger partial charge in [0.25, 0.3) is 5.91 Å². The first-order chi connectivity index (χ1) is 15.2. The minimum absolute atomic E-state index is 0.0289. The van der Waals surface area contributed by atoms with Crippen molar-refractivity contribution in [3.63, 3.8) is 0 Å². The third-order valence-electron chi connectivity index (χ3n) is 5.46. The molecule has 0 aliphatic carbocycles. The van der Waals surface area contributed by atoms with Gasteiger partial charge in [-0.15, -0.1) is 11.3 Å². The molecule has 2 aliphatic rings. The number of amides is 1. The lowest BCUT2D eigenvalue weighted by atomic mass is 10.0. The molecule has 1 N–H and O–H groups in total. The van der Waals surface area contributed by atoms with Crippen molar-refractivity contribution in [2.45, 2.75) is 37.5 Å². The predicted molar refractivity (Wildman–Crippen MR) is 122 cm³/mol. The number of rotatable bonds is 4. The molecule has 0 fully saturated rings. The van der Waals surface area contributed by atoms with Gasteiger partial charge in [-0.25, -0.2) is 8.42 Å². The van der Waals surface area contributed by atoms with Crippen molar-refractivity contribution in [3.8, 4) is 11.5 Å². The van der Waals surface area contributed by atoms with Crippen molar-refractivity contribution in [2.75, 3.05) is 11.9 Å². The molecule has 0 unspecified atom stereocenters. The average molecular weight is 471 g/mol. The Bertz CT molecular complexity index is 1310. The fourth-order valence-electron chi connectivity index (χ4n) is 3.97. The summed E-state index contributed by atoms with van der Waals surface area (Å²) in [7, 11) is -3.82. The van der Waals surface area contributed by atoms with Gasteiger partial charge in [0, 0.05) is 38.7 Å². The number of carbonyl (C=O) groups excluding carboxylic acids is 1. The molecule has 0 saturated heterocycles. The summed E-state index contributed by atoms with van der Waals surface area (Å²) in [6.07, 6.45) is 0.647. The molecule has 1 amide bonds. The highest BCUT2D eigenvalue weighted by molar-refractivity contribution is 7.89. The molecule has 9 heteroatoms. The zero-order chi connectivity index (χ0) is 22.5. The van der Waals surface area contributed by atoms with E-state index in [4.69, 9.17) is 9.47 Å². The average Bonchev–Trinajstić information content (AvgIpc) is 3.37. The fraction of sp³-hybridized carbons (Fsp3) is 0.261. The summed E-state index contributed by atoms with van der Waals surface area (Å²) in [6, 6.07) is 14.4. The van der Waals surface area contributed by atoms with Crippen molar-refractivity contribution in [2.24, 2.45) is 0 Å². The topological polar surface area (TPSA) is 84.9 Å². The molecule has 2 aromatic carbocycles. The van der Waals surface area contributed by atoms with E-state index in [1.165, 1.54) is 10.4 Å². The van der Waals surface area contributed by atoms with Gasteiger partial charge < -0.3 is 14.8 Å². The summed E-state index contributed by atoms with van der Waals surface area (Å²) in [5.41, 5.74) is 2.65. The third-order valence-corrected chi connectivity index (χ3v) is 8.39. The van der Waals surface area contributed by atoms with Gasteiger partial charge in [0.1, 0.15) is 9.77 Å². The Morgan fingerprint density at radius 1 is 1.06 bits per heavy atom. The van der Waals surface area contributed by atoms with Gasteiger partial charge in [0.05, 0.1) is 0 Å². The van der Waals surface area contributed by atoms with Crippen LogP contribution >= 0.6 is 11.3 Å². The van der Waals surface area contributed by atoms with Gasteiger partial charge in [-0.2, -0.15) is 4.31 Å². The van der Waals surface area contributed by atoms with E-state index in [-0.39, 0.29) is 9.77 Å². The Morgan fingerprint density at radius 3 is 2.62 bits per heavy atom. The molecule has 5 rings (SSSR count). The molecule has 32 heavy (non-hydrogen) atoms. The normalized spacial score (nSPS) is 17.1. The molecule has 0 radical (unpaired) electrons. The maximum absolute atomic E-state index is 13.4. The molecule has 0 bridgehead atoms. The zero-order valence-corrected chi connectivity index (χ0v) is 19.3. The lowest BCUT2D eigenvalue weighted by Crippen LogP contribution is -2.36. The lowest BCUT2D eigenvalue weighted by molar-refractivity contribution is -0.0431. The zero-order valence-electron chi connectivity index (χ0n) is 17.6. The summed E-state index contributed by atoms with van der Waals surface area (Å²) < 4.78 is 39.6. The fourth-order valence-corrected chi connectivity index (χ4v) is 6.68. The van der Waals surface area contributed by atoms with Gasteiger partial charge in [-0.1, -0.05) is 24.3 Å². The smallest absolute Gasteiger partial charge is 0.267 e. The summed E-state index contributed by atoms with van der Waals surface area (Å²) >= 11 is 1.10. The highest BCUT2D eigenvalue weighted by Crippen LogP contribution is 2.41. The van der Waals surface area contributed by atoms with Gasteiger partial charge in [0.15, 0.2) is 11.5 Å². The molecule has 1 aromatic heterocycles. The number of fused-ring (bicyclic) bond motifs is 2. The van der Waals surface area contributed by atoms with Crippen LogP contribution in [0.5, 0.6) is 11.5 Å². The van der Waals surface area contributed by atoms with Crippen LogP contribution in [0.25, 0.3) is 0 Å². The number of nitrogens with one attached hydrogen (secondary N) is 1. The number of hydrogen-bond acceptors (Lipinski definition) is 6. The monoisotopic (exact) mass is 470 g/mol. The second-order valence-electron chi connectivity index (χ2n) is 8.19. The number of hydrogen-bond donors (Lipinski definition) is 1. The number of thiophene rings is 1. The van der Waals surface area contributed by atoms with E-state index in [1.54, 1.807) is 37.4 Å². The second kappa shape index (κ2) is 7.61. The Labute approximate surface area is 190 Å². The molecule has 0 atom stereocenters. The van der Waals surface area contributed by atoms with E-state index < -0.39 is 21.7 Å². The van der Waals surface area contributed by atoms with Crippen molar-refractivity contribution in [3.05, 3.63) is 69.9 Å². The Hall–Kier alpha value is -2.88. The first kappa shape index (κ1) is 21.0. The summed E-state index contributed by atoms with van der Waals surface area (Å²) in [5, 5.41) is 4.41. The van der Waals surface area contributed by atoms with Crippen LogP contribution in [-0.4, -0.2) is 31.0 Å². The largest absolute Gasteiger partial charge is 0.449 e. The molecule has 7 nitrogen and oxygen atoms in total. The van der Waals surface area contributed by atoms with Crippen LogP contribution in [0, 0.1) is 0 Å². The molecule has 166 valence electrons. The maximum atomic E-state index is 13.4. The van der Waals surface area contributed by atoms with Gasteiger partial charge in [-0.3, -0.25) is 4.79 Å². The molecule has 2 aliphatic heterocycles. The second-order valence-corrected chi connectivity index (χ2v) is 11.0. The van der Waals surface area contributed by atoms with Gasteiger partial charge >= 0.3 is 0 Å². The molecular formula is C23H22N2O5S2. The van der Waals surface area contributed by atoms with Crippen LogP contribution in [-0.2, 0) is 23.0 Å². The summed E-state index contributed by atoms with van der Waals surface area (Å²) in [4.78, 5) is 13.2. The van der Waals surface area contributed by atoms with E-state index in [9.17, 15) is 13.2 Å². The summed E-state index contributed by atoms with van der Waals surface area (Å²) in [6.45, 7) is 4.28. The first-order valence-corrected chi connectivity index (χ1v) is 12.5. The quantitative estimate of drug-likeness (QED) is 0.616. The molecule has 0 saturated carbocycles. The van der Waals surface area contributed by atoms with Gasteiger partial charge in [0.2, 0.25) is 15.8 Å². The molecule has 3 heterocycles. The number of anilines is 1. The van der Waals surface area contributed by atoms with Crippen molar-refractivity contribution < 1.29 is 22.7 Å². The molecular weight excluding hydrogens is 448 g/mol. The van der Waals surface area contributed by atoms with Crippen molar-refractivity contribution in [1.29, 1.82) is 0 Å². The SMILES string of the molecule is CC1(C)Oc2ccc(NC(=O)c3sccc3S(=O)(=O)N3CCc4ccccc4C3)cc2O1. The van der Waals surface area contributed by atoms with E-state index >= 15 is 0 Å². The molecule has 3 aromatic rings. The Kier molecular flexibility index (Phi) is 4.99. The Balaban J connectivity index is 1.37. The van der Waals surface area contributed by atoms with Crippen LogP contribution in [0.2, 0.25) is 0 Å². The summed E-state index contributed by atoms with van der Waals surface area (Å²) in [5.74, 6) is -0.127. The van der Waals surface area contributed by atoms with E-state index in [2.05, 4.69) is 5.32 Å². The number of sulfonamides is 1. The highest BCUT2D eigenvalue weighted by Gasteiger charge is 2.34. The first-order valence-electron chi connectivity index (χ1n) is 10.2. The highest BCUT2D eigenvalue weighted by atomic mass is 32.2. The van der Waals surface area contributed by atoms with Crippen LogP contribution < -0.4 is 14.8 Å². The van der Waals surface area contributed by atoms with Crippen molar-refractivity contribution in [1.82, 2.24) is 4.31 Å². The van der Waals surface area contributed by atoms with E-state index in [0.29, 0.717) is 36.7 Å². The van der Waals surface area contributed by atoms with Crippen LogP contribution in [0.4, 0.5) is 5.69 Å². The van der Waals surface area contributed by atoms with Crippen LogP contribution in [0.15, 0.2) is 58.8 Å². The van der Waals surface area contributed by atoms with Gasteiger partial charge in [-0.05, 0) is 41.1 Å². The minimum atomic E-state index is -3.82. The van der Waals surface area contributed by atoms with Crippen LogP contribution in [0.3, 0.4) is 0 Å². The number of carbonyl (C=O) groups is 1. The van der Waals surface area contributed by atoms with Crippen molar-refractivity contribution >= 4 is 33.0 Å².